The number of anilines is 1. The smallest absolute Gasteiger partial charge is 0.172 e. The van der Waals surface area contributed by atoms with Crippen molar-refractivity contribution in [1.29, 1.82) is 0 Å². The van der Waals surface area contributed by atoms with Gasteiger partial charge in [0.1, 0.15) is 0 Å². The lowest BCUT2D eigenvalue weighted by Crippen LogP contribution is -2.33. The fourth-order valence-corrected chi connectivity index (χ4v) is 1.80. The summed E-state index contributed by atoms with van der Waals surface area (Å²) in [5, 5.41) is 20.9. The Morgan fingerprint density at radius 3 is 2.76 bits per heavy atom. The van der Waals surface area contributed by atoms with Crippen molar-refractivity contribution in [2.75, 3.05) is 18.6 Å². The van der Waals surface area contributed by atoms with Crippen molar-refractivity contribution in [1.82, 2.24) is 0 Å². The number of hydrogen-bond donors (Lipinski definition) is 3. The lowest BCUT2D eigenvalue weighted by atomic mass is 10.1. The van der Waals surface area contributed by atoms with Crippen LogP contribution in [0.3, 0.4) is 0 Å². The van der Waals surface area contributed by atoms with E-state index in [9.17, 15) is 0 Å². The van der Waals surface area contributed by atoms with Crippen LogP contribution in [0, 0.1) is 0 Å². The SMILES string of the molecule is CC(CO)N(C)c1ccc(Br)cc1/C(N)=N/O. The molecule has 0 fully saturated rings. The van der Waals surface area contributed by atoms with Gasteiger partial charge in [-0.05, 0) is 25.1 Å². The summed E-state index contributed by atoms with van der Waals surface area (Å²) >= 11 is 3.34. The number of nitrogens with zero attached hydrogens (tertiary/aromatic N) is 2. The molecule has 1 aromatic rings. The van der Waals surface area contributed by atoms with E-state index in [2.05, 4.69) is 21.1 Å². The third-order valence-electron chi connectivity index (χ3n) is 2.65. The Morgan fingerprint density at radius 2 is 2.24 bits per heavy atom. The van der Waals surface area contributed by atoms with E-state index in [1.165, 1.54) is 0 Å². The van der Waals surface area contributed by atoms with E-state index in [0.29, 0.717) is 5.56 Å². The van der Waals surface area contributed by atoms with E-state index in [-0.39, 0.29) is 18.5 Å². The summed E-state index contributed by atoms with van der Waals surface area (Å²) < 4.78 is 0.841. The zero-order valence-corrected chi connectivity index (χ0v) is 11.3. The number of hydrogen-bond acceptors (Lipinski definition) is 4. The van der Waals surface area contributed by atoms with Gasteiger partial charge in [0.15, 0.2) is 5.84 Å². The summed E-state index contributed by atoms with van der Waals surface area (Å²) in [4.78, 5) is 1.87. The second-order valence-electron chi connectivity index (χ2n) is 3.79. The summed E-state index contributed by atoms with van der Waals surface area (Å²) in [6, 6.07) is 5.43. The first-order valence-corrected chi connectivity index (χ1v) is 5.91. The van der Waals surface area contributed by atoms with E-state index in [1.807, 2.05) is 31.0 Å². The fraction of sp³-hybridized carbons (Fsp3) is 0.364. The number of oxime groups is 1. The number of aliphatic hydroxyl groups is 1. The van der Waals surface area contributed by atoms with Crippen LogP contribution in [0.5, 0.6) is 0 Å². The highest BCUT2D eigenvalue weighted by Gasteiger charge is 2.15. The molecule has 0 radical (unpaired) electrons. The van der Waals surface area contributed by atoms with E-state index < -0.39 is 0 Å². The summed E-state index contributed by atoms with van der Waals surface area (Å²) in [7, 11) is 1.85. The van der Waals surface area contributed by atoms with Gasteiger partial charge in [0.05, 0.1) is 6.61 Å². The highest BCUT2D eigenvalue weighted by molar-refractivity contribution is 9.10. The van der Waals surface area contributed by atoms with E-state index in [1.54, 1.807) is 6.07 Å². The predicted molar refractivity (Wildman–Crippen MR) is 71.6 cm³/mol. The topological polar surface area (TPSA) is 82.1 Å². The summed E-state index contributed by atoms with van der Waals surface area (Å²) in [5.41, 5.74) is 7.05. The lowest BCUT2D eigenvalue weighted by Gasteiger charge is -2.27. The van der Waals surface area contributed by atoms with Gasteiger partial charge in [-0.25, -0.2) is 0 Å². The van der Waals surface area contributed by atoms with Crippen molar-refractivity contribution in [3.63, 3.8) is 0 Å². The molecule has 1 rings (SSSR count). The molecular formula is C11H16BrN3O2. The van der Waals surface area contributed by atoms with Gasteiger partial charge in [-0.1, -0.05) is 21.1 Å². The van der Waals surface area contributed by atoms with Gasteiger partial charge in [0.2, 0.25) is 0 Å². The minimum absolute atomic E-state index is 0.0299. The van der Waals surface area contributed by atoms with Gasteiger partial charge >= 0.3 is 0 Å². The maximum absolute atomic E-state index is 9.15. The zero-order valence-electron chi connectivity index (χ0n) is 9.76. The van der Waals surface area contributed by atoms with Gasteiger partial charge in [0.25, 0.3) is 0 Å². The quantitative estimate of drug-likeness (QED) is 0.339. The molecule has 0 aliphatic carbocycles. The molecule has 17 heavy (non-hydrogen) atoms. The first-order chi connectivity index (χ1) is 8.01. The molecule has 1 atom stereocenters. The van der Waals surface area contributed by atoms with Crippen LogP contribution in [0.2, 0.25) is 0 Å². The Balaban J connectivity index is 3.23. The molecule has 0 aliphatic rings. The molecule has 4 N–H and O–H groups in total. The Bertz CT molecular complexity index is 423. The van der Waals surface area contributed by atoms with Gasteiger partial charge in [0, 0.05) is 28.8 Å². The predicted octanol–water partition coefficient (Wildman–Crippen LogP) is 1.36. The zero-order chi connectivity index (χ0) is 13.0. The third kappa shape index (κ3) is 3.10. The molecule has 1 unspecified atom stereocenters. The number of amidine groups is 1. The Morgan fingerprint density at radius 1 is 1.59 bits per heavy atom. The van der Waals surface area contributed by atoms with E-state index in [4.69, 9.17) is 16.0 Å². The van der Waals surface area contributed by atoms with Crippen LogP contribution < -0.4 is 10.6 Å². The van der Waals surface area contributed by atoms with Crippen molar-refractivity contribution in [3.05, 3.63) is 28.2 Å². The minimum Gasteiger partial charge on any atom is -0.409 e. The first-order valence-electron chi connectivity index (χ1n) is 5.12. The Kier molecular flexibility index (Phi) is 4.77. The lowest BCUT2D eigenvalue weighted by molar-refractivity contribution is 0.270. The number of likely N-dealkylation sites (N-methyl/N-ethyl adjacent to an activating group) is 1. The molecule has 0 amide bonds. The molecule has 6 heteroatoms. The first kappa shape index (κ1) is 13.8. The normalized spacial score (nSPS) is 13.5. The molecule has 0 spiro atoms. The van der Waals surface area contributed by atoms with Crippen molar-refractivity contribution in [2.45, 2.75) is 13.0 Å². The van der Waals surface area contributed by atoms with Crippen LogP contribution >= 0.6 is 15.9 Å². The third-order valence-corrected chi connectivity index (χ3v) is 3.14. The highest BCUT2D eigenvalue weighted by Crippen LogP contribution is 2.25. The number of rotatable bonds is 4. The molecule has 0 heterocycles. The molecule has 0 aromatic heterocycles. The maximum atomic E-state index is 9.15. The van der Waals surface area contributed by atoms with Gasteiger partial charge in [-0.15, -0.1) is 0 Å². The molecule has 94 valence electrons. The number of benzene rings is 1. The van der Waals surface area contributed by atoms with Crippen LogP contribution in [-0.2, 0) is 0 Å². The molecule has 1 aromatic carbocycles. The average molecular weight is 302 g/mol. The fourth-order valence-electron chi connectivity index (χ4n) is 1.43. The minimum atomic E-state index is -0.0542. The molecule has 0 bridgehead atoms. The highest BCUT2D eigenvalue weighted by atomic mass is 79.9. The van der Waals surface area contributed by atoms with Crippen LogP contribution in [0.25, 0.3) is 0 Å². The molecular weight excluding hydrogens is 286 g/mol. The molecule has 0 saturated carbocycles. The monoisotopic (exact) mass is 301 g/mol. The van der Waals surface area contributed by atoms with Gasteiger partial charge in [-0.2, -0.15) is 0 Å². The Labute approximate surface area is 109 Å². The van der Waals surface area contributed by atoms with Crippen LogP contribution in [0.15, 0.2) is 27.8 Å². The average Bonchev–Trinajstić information content (AvgIpc) is 2.35. The van der Waals surface area contributed by atoms with Crippen LogP contribution in [-0.4, -0.2) is 35.8 Å². The number of nitrogens with two attached hydrogens (primary N) is 1. The van der Waals surface area contributed by atoms with E-state index in [0.717, 1.165) is 10.2 Å². The van der Waals surface area contributed by atoms with Crippen molar-refractivity contribution in [3.8, 4) is 0 Å². The number of aliphatic hydroxyl groups excluding tert-OH is 1. The van der Waals surface area contributed by atoms with Gasteiger partial charge in [-0.3, -0.25) is 0 Å². The van der Waals surface area contributed by atoms with Crippen molar-refractivity contribution < 1.29 is 10.3 Å². The summed E-state index contributed by atoms with van der Waals surface area (Å²) in [6.45, 7) is 1.92. The number of halogens is 1. The maximum Gasteiger partial charge on any atom is 0.172 e. The van der Waals surface area contributed by atoms with Crippen LogP contribution in [0.4, 0.5) is 5.69 Å². The second-order valence-corrected chi connectivity index (χ2v) is 4.70. The standard InChI is InChI=1S/C11H16BrN3O2/c1-7(6-16)15(2)10-4-3-8(12)5-9(10)11(13)14-17/h3-5,7,16-17H,6H2,1-2H3,(H2,13,14). The largest absolute Gasteiger partial charge is 0.409 e. The van der Waals surface area contributed by atoms with Crippen LogP contribution in [0.1, 0.15) is 12.5 Å². The molecule has 0 aliphatic heterocycles. The van der Waals surface area contributed by atoms with E-state index >= 15 is 0 Å². The summed E-state index contributed by atoms with van der Waals surface area (Å²) in [5.74, 6) is 0.0401. The van der Waals surface area contributed by atoms with Crippen molar-refractivity contribution in [2.24, 2.45) is 10.9 Å². The van der Waals surface area contributed by atoms with Gasteiger partial charge < -0.3 is 20.9 Å². The second kappa shape index (κ2) is 5.88. The molecule has 0 saturated heterocycles. The van der Waals surface area contributed by atoms with Crippen molar-refractivity contribution >= 4 is 27.5 Å². The molecule has 5 nitrogen and oxygen atoms in total. The Hall–Kier alpha value is -1.27. The summed E-state index contributed by atoms with van der Waals surface area (Å²) in [6.07, 6.45) is 0.